The Hall–Kier alpha value is -0.209. The van der Waals surface area contributed by atoms with Crippen molar-refractivity contribution in [3.05, 3.63) is 0 Å². The van der Waals surface area contributed by atoms with E-state index < -0.39 is 90.5 Å². The van der Waals surface area contributed by atoms with Crippen LogP contribution in [-0.2, 0) is 93.9 Å². The maximum absolute atomic E-state index is 11.1. The summed E-state index contributed by atoms with van der Waals surface area (Å²) in [5, 5.41) is 0. The Morgan fingerprint density at radius 3 is 0.914 bits per heavy atom. The Morgan fingerprint density at radius 2 is 0.686 bits per heavy atom. The summed E-state index contributed by atoms with van der Waals surface area (Å²) in [4.78, 5) is 0. The molecule has 0 unspecified atom stereocenters. The molecule has 26 nitrogen and oxygen atoms in total. The summed E-state index contributed by atoms with van der Waals surface area (Å²) in [6, 6.07) is 0. The van der Waals surface area contributed by atoms with Crippen molar-refractivity contribution in [2.45, 2.75) is 0 Å². The van der Waals surface area contributed by atoms with Crippen LogP contribution in [0.2, 0.25) is 0 Å². The summed E-state index contributed by atoms with van der Waals surface area (Å²) in [5.41, 5.74) is 0. The molecule has 0 saturated carbocycles. The molecular weight excluding hydrogens is 693 g/mol. The zero-order chi connectivity index (χ0) is 28.4. The molecule has 0 rings (SSSR count). The van der Waals surface area contributed by atoms with Gasteiger partial charge in [0.1, 0.15) is 0 Å². The van der Waals surface area contributed by atoms with Crippen molar-refractivity contribution in [1.29, 1.82) is 0 Å². The third kappa shape index (κ3) is 17.8. The molecule has 0 aliphatic heterocycles. The van der Waals surface area contributed by atoms with E-state index in [1.165, 1.54) is 0 Å². The third-order valence-corrected chi connectivity index (χ3v) is 14.3. The lowest BCUT2D eigenvalue weighted by Gasteiger charge is -2.30. The molecule has 2 radical (unpaired) electrons. The molecule has 0 spiro atoms. The van der Waals surface area contributed by atoms with Crippen molar-refractivity contribution >= 4 is 90.5 Å². The number of hydrogen-bond donors (Lipinski definition) is 6. The smallest absolute Gasteiger partial charge is 0.367 e. The lowest BCUT2D eigenvalue weighted by atomic mass is 15.6. The lowest BCUT2D eigenvalue weighted by Crippen LogP contribution is -2.64. The predicted molar refractivity (Wildman–Crippen MR) is 95.2 cm³/mol. The van der Waals surface area contributed by atoms with E-state index in [9.17, 15) is 50.5 Å². The van der Waals surface area contributed by atoms with Crippen molar-refractivity contribution in [2.24, 2.45) is 0 Å². The van der Waals surface area contributed by atoms with Crippen molar-refractivity contribution in [3.63, 3.8) is 0 Å². The zero-order valence-corrected chi connectivity index (χ0v) is 22.7. The minimum absolute atomic E-state index is 2.63. The van der Waals surface area contributed by atoms with Gasteiger partial charge in [-0.1, -0.05) is 0 Å². The molecule has 35 heteroatoms. The van der Waals surface area contributed by atoms with Crippen LogP contribution in [0, 0.1) is 0 Å². The van der Waals surface area contributed by atoms with Crippen LogP contribution in [0.1, 0.15) is 0 Å². The summed E-state index contributed by atoms with van der Waals surface area (Å²) in [6.45, 7) is 0. The molecule has 6 N–H and O–H groups in total. The molecule has 0 amide bonds. The van der Waals surface area contributed by atoms with Gasteiger partial charge >= 0.3 is 90.5 Å². The van der Waals surface area contributed by atoms with Crippen molar-refractivity contribution < 1.29 is 109 Å². The van der Waals surface area contributed by atoms with E-state index in [0.717, 1.165) is 0 Å². The van der Waals surface area contributed by atoms with E-state index in [4.69, 9.17) is 27.3 Å². The molecule has 0 saturated heterocycles. The molecule has 210 valence electrons. The monoisotopic (exact) mass is 698 g/mol. The van der Waals surface area contributed by atoms with Crippen LogP contribution >= 0.6 is 0 Å². The van der Waals surface area contributed by atoms with Crippen LogP contribution < -0.4 is 0 Å². The first-order valence-electron chi connectivity index (χ1n) is 6.14. The van der Waals surface area contributed by atoms with E-state index in [2.05, 4.69) is 31.5 Å². The average Bonchev–Trinajstić information content (AvgIpc) is 2.33. The summed E-state index contributed by atoms with van der Waals surface area (Å²) in [6.07, 6.45) is 0. The highest BCUT2D eigenvalue weighted by Gasteiger charge is 2.69. The zero-order valence-electron chi connectivity index (χ0n) is 14.8. The van der Waals surface area contributed by atoms with Gasteiger partial charge in [0.25, 0.3) is 0 Å². The minimum atomic E-state index is -7.47. The normalized spacial score (nSPS) is 15.3. The predicted octanol–water partition coefficient (Wildman–Crippen LogP) is -5.66. The van der Waals surface area contributed by atoms with E-state index in [1.807, 2.05) is 0 Å². The number of hydrogen-bond acceptors (Lipinski definition) is 20. The first kappa shape index (κ1) is 34.8. The van der Waals surface area contributed by atoms with E-state index in [1.54, 1.807) is 0 Å². The molecule has 0 aromatic heterocycles. The van der Waals surface area contributed by atoms with Crippen LogP contribution in [0.25, 0.3) is 0 Å². The van der Waals surface area contributed by atoms with Crippen molar-refractivity contribution in [1.82, 2.24) is 0 Å². The standard InChI is InChI=1S/H6O26S6Si3/c1-27(2,3)19-33-25-35(23-31(13,14)15,24-32(16,17)18)26-34(20-28(4,5)6,21-29(7,8)9)22-30(10,11)12/h(H,1,2,3)(H,4,5,6)(H,7,8,9)(H,10,11,12)(H,13,14,15)(H,16,17,18). The second kappa shape index (κ2) is 11.3. The fraction of sp³-hybridized carbons (Fsp3) is 0. The summed E-state index contributed by atoms with van der Waals surface area (Å²) in [7, 11) is -54.9. The van der Waals surface area contributed by atoms with Gasteiger partial charge in [0.2, 0.25) is 0 Å². The second-order valence-corrected chi connectivity index (χ2v) is 17.3. The average molecular weight is 699 g/mol. The Bertz CT molecular complexity index is 1270. The van der Waals surface area contributed by atoms with Gasteiger partial charge in [-0.15, -0.1) is 0 Å². The Balaban J connectivity index is 7.30. The van der Waals surface area contributed by atoms with Crippen LogP contribution in [-0.4, -0.2) is 106 Å². The van der Waals surface area contributed by atoms with Gasteiger partial charge in [0.15, 0.2) is 0 Å². The molecule has 0 aromatic carbocycles. The quantitative estimate of drug-likeness (QED) is 0.0646. The second-order valence-electron chi connectivity index (χ2n) is 4.35. The Morgan fingerprint density at radius 1 is 0.429 bits per heavy atom. The summed E-state index contributed by atoms with van der Waals surface area (Å²) >= 11 is 0. The molecule has 0 heterocycles. The topological polar surface area (TPSA) is 400 Å². The van der Waals surface area contributed by atoms with Crippen LogP contribution in [0.3, 0.4) is 0 Å². The van der Waals surface area contributed by atoms with Gasteiger partial charge in [0.05, 0.1) is 0 Å². The SMILES string of the molecule is O=S(=O)(O)O[Si]O[Si](O[Si](OS(=O)(=O)O)(OS(=O)(=O)O)OS(=O)(=O)O)(OS(=O)(=O)O)OS(=O)(=O)O. The van der Waals surface area contributed by atoms with E-state index >= 15 is 0 Å². The largest absolute Gasteiger partial charge is 0.724 e. The highest BCUT2D eigenvalue weighted by Crippen LogP contribution is 2.28. The van der Waals surface area contributed by atoms with Gasteiger partial charge in [0, 0.05) is 0 Å². The Kier molecular flexibility index (Phi) is 11.2. The van der Waals surface area contributed by atoms with E-state index in [0.29, 0.717) is 0 Å². The highest BCUT2D eigenvalue weighted by atomic mass is 32.3. The molecular formula is H6O26S6Si3. The van der Waals surface area contributed by atoms with Crippen LogP contribution in [0.15, 0.2) is 0 Å². The molecule has 0 aliphatic carbocycles. The van der Waals surface area contributed by atoms with Gasteiger partial charge in [-0.25, -0.2) is 19.4 Å². The summed E-state index contributed by atoms with van der Waals surface area (Å²) in [5.74, 6) is 0. The lowest BCUT2D eigenvalue weighted by molar-refractivity contribution is 0.0701. The molecule has 0 fully saturated rings. The fourth-order valence-electron chi connectivity index (χ4n) is 1.10. The highest BCUT2D eigenvalue weighted by molar-refractivity contribution is 7.85. The minimum Gasteiger partial charge on any atom is -0.367 e. The van der Waals surface area contributed by atoms with Crippen molar-refractivity contribution in [3.8, 4) is 0 Å². The number of rotatable bonds is 16. The summed E-state index contributed by atoms with van der Waals surface area (Å²) < 4.78 is 211. The molecule has 0 atom stereocenters. The van der Waals surface area contributed by atoms with E-state index in [-0.39, 0.29) is 0 Å². The van der Waals surface area contributed by atoms with Crippen LogP contribution in [0.5, 0.6) is 0 Å². The molecule has 35 heavy (non-hydrogen) atoms. The van der Waals surface area contributed by atoms with Crippen LogP contribution in [0.4, 0.5) is 0 Å². The van der Waals surface area contributed by atoms with Gasteiger partial charge < -0.3 is 8.23 Å². The van der Waals surface area contributed by atoms with Crippen molar-refractivity contribution in [2.75, 3.05) is 0 Å². The maximum Gasteiger partial charge on any atom is 0.724 e. The first-order valence-corrected chi connectivity index (χ1v) is 18.4. The maximum atomic E-state index is 11.1. The first-order chi connectivity index (χ1) is 14.9. The third-order valence-electron chi connectivity index (χ3n) is 1.59. The molecule has 0 aromatic rings. The fourth-order valence-corrected chi connectivity index (χ4v) is 13.8. The van der Waals surface area contributed by atoms with Gasteiger partial charge in [-0.05, 0) is 0 Å². The molecule has 0 aliphatic rings. The van der Waals surface area contributed by atoms with Gasteiger partial charge in [-0.3, -0.25) is 31.2 Å². The Labute approximate surface area is 199 Å². The molecule has 0 bridgehead atoms. The van der Waals surface area contributed by atoms with Gasteiger partial charge in [-0.2, -0.15) is 50.5 Å².